The summed E-state index contributed by atoms with van der Waals surface area (Å²) in [6, 6.07) is 4.17. The van der Waals surface area contributed by atoms with Crippen molar-refractivity contribution in [2.75, 3.05) is 37.6 Å². The summed E-state index contributed by atoms with van der Waals surface area (Å²) in [4.78, 5) is 8.81. The average Bonchev–Trinajstić information content (AvgIpc) is 2.91. The molecule has 0 bridgehead atoms. The molecular formula is C18H28FN3O. The summed E-state index contributed by atoms with van der Waals surface area (Å²) in [5.41, 5.74) is 1.41. The Morgan fingerprint density at radius 1 is 1.39 bits per heavy atom. The minimum absolute atomic E-state index is 0.422. The maximum Gasteiger partial charge on any atom is 0.114 e. The highest BCUT2D eigenvalue weighted by Crippen LogP contribution is 2.28. The van der Waals surface area contributed by atoms with Gasteiger partial charge in [-0.25, -0.2) is 4.39 Å². The summed E-state index contributed by atoms with van der Waals surface area (Å²) in [5, 5.41) is 11.0. The van der Waals surface area contributed by atoms with Gasteiger partial charge in [-0.1, -0.05) is 13.8 Å². The van der Waals surface area contributed by atoms with Crippen LogP contribution in [0.1, 0.15) is 44.7 Å². The first-order valence-corrected chi connectivity index (χ1v) is 8.75. The van der Waals surface area contributed by atoms with Crippen LogP contribution >= 0.6 is 0 Å². The molecule has 1 N–H and O–H groups in total. The zero-order chi connectivity index (χ0) is 16.4. The summed E-state index contributed by atoms with van der Waals surface area (Å²) < 4.78 is 13.4. The average molecular weight is 321 g/mol. The van der Waals surface area contributed by atoms with Crippen molar-refractivity contribution >= 4 is 5.69 Å². The molecule has 2 unspecified atom stereocenters. The normalized spacial score (nSPS) is 29.4. The molecule has 128 valence electrons. The van der Waals surface area contributed by atoms with E-state index in [9.17, 15) is 9.50 Å². The summed E-state index contributed by atoms with van der Waals surface area (Å²) in [6.07, 6.45) is 3.52. The maximum atomic E-state index is 13.4. The fourth-order valence-corrected chi connectivity index (χ4v) is 3.73. The first-order valence-electron chi connectivity index (χ1n) is 8.75. The molecule has 0 spiro atoms. The molecule has 2 atom stereocenters. The van der Waals surface area contributed by atoms with E-state index in [4.69, 9.17) is 0 Å². The second-order valence-corrected chi connectivity index (χ2v) is 7.47. The lowest BCUT2D eigenvalue weighted by molar-refractivity contribution is -0.00332. The lowest BCUT2D eigenvalue weighted by Crippen LogP contribution is -2.54. The number of hydrogen-bond donors (Lipinski definition) is 1. The number of likely N-dealkylation sites (tertiary alicyclic amines) is 1. The van der Waals surface area contributed by atoms with Gasteiger partial charge in [0.1, 0.15) is 6.17 Å². The Morgan fingerprint density at radius 2 is 2.22 bits per heavy atom. The molecule has 0 aliphatic carbocycles. The second kappa shape index (κ2) is 6.73. The van der Waals surface area contributed by atoms with E-state index in [1.807, 2.05) is 6.20 Å². The van der Waals surface area contributed by atoms with Crippen molar-refractivity contribution in [1.82, 2.24) is 9.88 Å². The van der Waals surface area contributed by atoms with Crippen LogP contribution in [0.5, 0.6) is 0 Å². The SMILES string of the molecule is CC(C)c1ccc(N2CCCC(O)(CN3CCC(F)C3)C2)cn1. The molecular weight excluding hydrogens is 293 g/mol. The minimum Gasteiger partial charge on any atom is -0.387 e. The minimum atomic E-state index is -0.751. The van der Waals surface area contributed by atoms with Crippen molar-refractivity contribution in [1.29, 1.82) is 0 Å². The summed E-state index contributed by atoms with van der Waals surface area (Å²) >= 11 is 0. The molecule has 1 aromatic heterocycles. The molecule has 2 fully saturated rings. The number of aliphatic hydroxyl groups is 1. The van der Waals surface area contributed by atoms with E-state index in [2.05, 4.69) is 40.8 Å². The molecule has 0 radical (unpaired) electrons. The Hall–Kier alpha value is -1.20. The lowest BCUT2D eigenvalue weighted by Gasteiger charge is -2.42. The molecule has 3 heterocycles. The van der Waals surface area contributed by atoms with Gasteiger partial charge in [0.05, 0.1) is 17.5 Å². The summed E-state index contributed by atoms with van der Waals surface area (Å²) in [7, 11) is 0. The van der Waals surface area contributed by atoms with Crippen LogP contribution in [0.3, 0.4) is 0 Å². The van der Waals surface area contributed by atoms with Crippen molar-refractivity contribution in [3.05, 3.63) is 24.0 Å². The van der Waals surface area contributed by atoms with E-state index >= 15 is 0 Å². The number of piperidine rings is 1. The van der Waals surface area contributed by atoms with Crippen molar-refractivity contribution in [3.8, 4) is 0 Å². The third kappa shape index (κ3) is 4.01. The molecule has 5 heteroatoms. The Kier molecular flexibility index (Phi) is 4.87. The Balaban J connectivity index is 1.65. The quantitative estimate of drug-likeness (QED) is 0.925. The number of β-amino-alcohol motifs (C(OH)–C–C–N with tert-alkyl or cyclic N) is 1. The number of halogens is 1. The predicted octanol–water partition coefficient (Wildman–Crippen LogP) is 2.58. The van der Waals surface area contributed by atoms with Crippen molar-refractivity contribution in [2.45, 2.75) is 50.8 Å². The molecule has 0 amide bonds. The highest BCUT2D eigenvalue weighted by molar-refractivity contribution is 5.46. The fourth-order valence-electron chi connectivity index (χ4n) is 3.73. The first-order chi connectivity index (χ1) is 11.0. The highest BCUT2D eigenvalue weighted by Gasteiger charge is 2.37. The van der Waals surface area contributed by atoms with Crippen LogP contribution in [0.4, 0.5) is 10.1 Å². The molecule has 0 aromatic carbocycles. The molecule has 0 saturated carbocycles. The third-order valence-electron chi connectivity index (χ3n) is 5.02. The van der Waals surface area contributed by atoms with E-state index in [0.717, 1.165) is 37.3 Å². The van der Waals surface area contributed by atoms with Gasteiger partial charge in [-0.3, -0.25) is 9.88 Å². The topological polar surface area (TPSA) is 39.6 Å². The molecule has 1 aromatic rings. The standard InChI is InChI=1S/C18H28FN3O/c1-14(2)17-5-4-16(10-20-17)22-8-3-7-18(23,13-22)12-21-9-6-15(19)11-21/h4-5,10,14-15,23H,3,6-9,11-13H2,1-2H3. The van der Waals surface area contributed by atoms with Crippen LogP contribution in [-0.4, -0.2) is 59.5 Å². The molecule has 3 rings (SSSR count). The largest absolute Gasteiger partial charge is 0.387 e. The molecule has 23 heavy (non-hydrogen) atoms. The van der Waals surface area contributed by atoms with Crippen LogP contribution in [0, 0.1) is 0 Å². The first kappa shape index (κ1) is 16.7. The van der Waals surface area contributed by atoms with Gasteiger partial charge in [-0.2, -0.15) is 0 Å². The number of rotatable bonds is 4. The van der Waals surface area contributed by atoms with Crippen LogP contribution in [-0.2, 0) is 0 Å². The van der Waals surface area contributed by atoms with Crippen LogP contribution in [0.25, 0.3) is 0 Å². The van der Waals surface area contributed by atoms with Gasteiger partial charge in [0.15, 0.2) is 0 Å². The molecule has 2 aliphatic heterocycles. The predicted molar refractivity (Wildman–Crippen MR) is 90.7 cm³/mol. The number of aromatic nitrogens is 1. The maximum absolute atomic E-state index is 13.4. The second-order valence-electron chi connectivity index (χ2n) is 7.47. The number of pyridine rings is 1. The van der Waals surface area contributed by atoms with E-state index in [1.165, 1.54) is 0 Å². The van der Waals surface area contributed by atoms with Crippen molar-refractivity contribution in [3.63, 3.8) is 0 Å². The Labute approximate surface area is 138 Å². The molecule has 2 aliphatic rings. The van der Waals surface area contributed by atoms with E-state index in [1.54, 1.807) is 0 Å². The third-order valence-corrected chi connectivity index (χ3v) is 5.02. The van der Waals surface area contributed by atoms with Gasteiger partial charge >= 0.3 is 0 Å². The number of nitrogens with zero attached hydrogens (tertiary/aromatic N) is 3. The number of hydrogen-bond acceptors (Lipinski definition) is 4. The fraction of sp³-hybridized carbons (Fsp3) is 0.722. The van der Waals surface area contributed by atoms with Gasteiger partial charge in [-0.05, 0) is 37.3 Å². The van der Waals surface area contributed by atoms with Crippen LogP contribution in [0.2, 0.25) is 0 Å². The number of anilines is 1. The van der Waals surface area contributed by atoms with Crippen LogP contribution < -0.4 is 4.90 Å². The van der Waals surface area contributed by atoms with Crippen molar-refractivity contribution in [2.24, 2.45) is 0 Å². The Morgan fingerprint density at radius 3 is 2.83 bits per heavy atom. The van der Waals surface area contributed by atoms with Crippen LogP contribution in [0.15, 0.2) is 18.3 Å². The van der Waals surface area contributed by atoms with E-state index < -0.39 is 11.8 Å². The monoisotopic (exact) mass is 321 g/mol. The number of alkyl halides is 1. The zero-order valence-corrected chi connectivity index (χ0v) is 14.2. The van der Waals surface area contributed by atoms with Gasteiger partial charge < -0.3 is 10.0 Å². The van der Waals surface area contributed by atoms with E-state index in [-0.39, 0.29) is 0 Å². The molecule has 2 saturated heterocycles. The van der Waals surface area contributed by atoms with Gasteiger partial charge in [-0.15, -0.1) is 0 Å². The van der Waals surface area contributed by atoms with Gasteiger partial charge in [0.25, 0.3) is 0 Å². The van der Waals surface area contributed by atoms with Crippen molar-refractivity contribution < 1.29 is 9.50 Å². The van der Waals surface area contributed by atoms with Gasteiger partial charge in [0, 0.05) is 38.4 Å². The van der Waals surface area contributed by atoms with Gasteiger partial charge in [0.2, 0.25) is 0 Å². The Bertz CT molecular complexity index is 522. The smallest absolute Gasteiger partial charge is 0.114 e. The highest BCUT2D eigenvalue weighted by atomic mass is 19.1. The van der Waals surface area contributed by atoms with E-state index in [0.29, 0.717) is 32.0 Å². The summed E-state index contributed by atoms with van der Waals surface area (Å²) in [5.74, 6) is 0.422. The molecule has 4 nitrogen and oxygen atoms in total. The summed E-state index contributed by atoms with van der Waals surface area (Å²) in [6.45, 7) is 7.61. The lowest BCUT2D eigenvalue weighted by atomic mass is 9.92. The zero-order valence-electron chi connectivity index (χ0n) is 14.2.